The Labute approximate surface area is 239 Å². The van der Waals surface area contributed by atoms with E-state index in [0.29, 0.717) is 54.5 Å². The summed E-state index contributed by atoms with van der Waals surface area (Å²) in [5, 5.41) is 11.8. The van der Waals surface area contributed by atoms with Crippen molar-refractivity contribution in [2.45, 2.75) is 70.7 Å². The van der Waals surface area contributed by atoms with E-state index in [9.17, 15) is 19.7 Å². The van der Waals surface area contributed by atoms with E-state index in [-0.39, 0.29) is 24.4 Å². The van der Waals surface area contributed by atoms with Crippen LogP contribution >= 0.6 is 11.8 Å². The molecule has 216 valence electrons. The molecule has 1 unspecified atom stereocenters. The number of hydrogen-bond acceptors (Lipinski definition) is 8. The first-order chi connectivity index (χ1) is 19.3. The van der Waals surface area contributed by atoms with Crippen molar-refractivity contribution in [3.63, 3.8) is 0 Å². The van der Waals surface area contributed by atoms with Gasteiger partial charge < -0.3 is 18.9 Å². The highest BCUT2D eigenvalue weighted by atomic mass is 32.2. The summed E-state index contributed by atoms with van der Waals surface area (Å²) in [6, 6.07) is 14.4. The highest BCUT2D eigenvalue weighted by Gasteiger charge is 2.20. The average Bonchev–Trinajstić information content (AvgIpc) is 3.29. The van der Waals surface area contributed by atoms with Crippen LogP contribution in [0.2, 0.25) is 0 Å². The SMILES string of the molecule is CCCCOC(=O)N(CCCSc1nc2cc([N+](=O)[O-])ccc2n1CC(=O)OC(C)CC)CCc1ccccc1. The van der Waals surface area contributed by atoms with Gasteiger partial charge in [-0.25, -0.2) is 9.78 Å². The van der Waals surface area contributed by atoms with Gasteiger partial charge in [-0.3, -0.25) is 14.9 Å². The Bertz CT molecular complexity index is 1270. The largest absolute Gasteiger partial charge is 0.461 e. The van der Waals surface area contributed by atoms with E-state index >= 15 is 0 Å². The molecule has 0 aliphatic heterocycles. The number of fused-ring (bicyclic) bond motifs is 1. The maximum Gasteiger partial charge on any atom is 0.409 e. The van der Waals surface area contributed by atoms with Crippen LogP contribution in [-0.4, -0.2) is 63.0 Å². The molecule has 1 aromatic heterocycles. The molecule has 3 rings (SSSR count). The van der Waals surface area contributed by atoms with Crippen LogP contribution in [0, 0.1) is 10.1 Å². The molecule has 3 aromatic rings. The molecule has 0 aliphatic rings. The molecule has 1 heterocycles. The second kappa shape index (κ2) is 15.9. The molecule has 0 aliphatic carbocycles. The van der Waals surface area contributed by atoms with Gasteiger partial charge in [0.15, 0.2) is 5.16 Å². The van der Waals surface area contributed by atoms with Gasteiger partial charge in [0.2, 0.25) is 0 Å². The highest BCUT2D eigenvalue weighted by Crippen LogP contribution is 2.28. The number of hydrogen-bond donors (Lipinski definition) is 0. The minimum absolute atomic E-state index is 0.0477. The third-order valence-electron chi connectivity index (χ3n) is 6.40. The van der Waals surface area contributed by atoms with Crippen LogP contribution in [0.4, 0.5) is 10.5 Å². The minimum Gasteiger partial charge on any atom is -0.461 e. The predicted molar refractivity (Wildman–Crippen MR) is 156 cm³/mol. The van der Waals surface area contributed by atoms with Crippen LogP contribution in [0.5, 0.6) is 0 Å². The number of imidazole rings is 1. The topological polar surface area (TPSA) is 117 Å². The van der Waals surface area contributed by atoms with Crippen LogP contribution in [-0.2, 0) is 27.2 Å². The lowest BCUT2D eigenvalue weighted by Crippen LogP contribution is -2.34. The summed E-state index contributed by atoms with van der Waals surface area (Å²) in [4.78, 5) is 42.5. The van der Waals surface area contributed by atoms with Crippen molar-refractivity contribution in [3.05, 3.63) is 64.2 Å². The molecule has 11 heteroatoms. The Morgan fingerprint density at radius 1 is 1.12 bits per heavy atom. The maximum atomic E-state index is 12.8. The number of ether oxygens (including phenoxy) is 2. The number of benzene rings is 2. The maximum absolute atomic E-state index is 12.8. The van der Waals surface area contributed by atoms with Crippen molar-refractivity contribution < 1.29 is 24.0 Å². The number of amides is 1. The Morgan fingerprint density at radius 2 is 1.90 bits per heavy atom. The zero-order valence-electron chi connectivity index (χ0n) is 23.4. The predicted octanol–water partition coefficient (Wildman–Crippen LogP) is 6.25. The Balaban J connectivity index is 1.69. The Kier molecular flexibility index (Phi) is 12.3. The van der Waals surface area contributed by atoms with Gasteiger partial charge in [0.25, 0.3) is 5.69 Å². The van der Waals surface area contributed by atoms with Gasteiger partial charge in [0, 0.05) is 31.0 Å². The third-order valence-corrected chi connectivity index (χ3v) is 7.46. The number of unbranched alkanes of at least 4 members (excludes halogenated alkanes) is 1. The number of thioether (sulfide) groups is 1. The summed E-state index contributed by atoms with van der Waals surface area (Å²) < 4.78 is 12.7. The molecule has 0 bridgehead atoms. The molecule has 1 atom stereocenters. The standard InChI is InChI=1S/C29H38N4O6S/c1-4-6-18-38-29(35)31(17-15-23-11-8-7-9-12-23)16-10-19-40-28-30-25-20-24(33(36)37)13-14-26(25)32(28)21-27(34)39-22(3)5-2/h7-9,11-14,20,22H,4-6,10,15-19,21H2,1-3H3. The van der Waals surface area contributed by atoms with Crippen LogP contribution < -0.4 is 0 Å². The van der Waals surface area contributed by atoms with Gasteiger partial charge in [0.05, 0.1) is 28.7 Å². The van der Waals surface area contributed by atoms with E-state index in [1.807, 2.05) is 51.1 Å². The molecule has 0 N–H and O–H groups in total. The van der Waals surface area contributed by atoms with Gasteiger partial charge in [-0.2, -0.15) is 0 Å². The molecule has 0 saturated heterocycles. The molecular formula is C29H38N4O6S. The summed E-state index contributed by atoms with van der Waals surface area (Å²) in [6.07, 6.45) is 3.34. The van der Waals surface area contributed by atoms with E-state index < -0.39 is 10.9 Å². The van der Waals surface area contributed by atoms with Crippen molar-refractivity contribution in [2.75, 3.05) is 25.4 Å². The lowest BCUT2D eigenvalue weighted by atomic mass is 10.1. The quantitative estimate of drug-likeness (QED) is 0.0652. The zero-order valence-corrected chi connectivity index (χ0v) is 24.2. The summed E-state index contributed by atoms with van der Waals surface area (Å²) in [5.74, 6) is 0.228. The lowest BCUT2D eigenvalue weighted by molar-refractivity contribution is -0.384. The third kappa shape index (κ3) is 9.25. The molecule has 2 aromatic carbocycles. The summed E-state index contributed by atoms with van der Waals surface area (Å²) in [6.45, 7) is 7.22. The molecule has 10 nitrogen and oxygen atoms in total. The normalized spacial score (nSPS) is 11.8. The second-order valence-corrected chi connectivity index (χ2v) is 10.6. The van der Waals surface area contributed by atoms with E-state index in [4.69, 9.17) is 9.47 Å². The highest BCUT2D eigenvalue weighted by molar-refractivity contribution is 7.99. The first-order valence-corrected chi connectivity index (χ1v) is 14.7. The average molecular weight is 571 g/mol. The van der Waals surface area contributed by atoms with Gasteiger partial charge in [-0.15, -0.1) is 0 Å². The Morgan fingerprint density at radius 3 is 2.60 bits per heavy atom. The molecular weight excluding hydrogens is 532 g/mol. The number of nitrogens with zero attached hydrogens (tertiary/aromatic N) is 4. The number of nitro benzene ring substituents is 1. The molecule has 0 saturated carbocycles. The fourth-order valence-electron chi connectivity index (χ4n) is 3.96. The van der Waals surface area contributed by atoms with Gasteiger partial charge in [0.1, 0.15) is 6.54 Å². The first kappa shape index (κ1) is 30.9. The number of aromatic nitrogens is 2. The smallest absolute Gasteiger partial charge is 0.409 e. The van der Waals surface area contributed by atoms with Crippen molar-refractivity contribution in [3.8, 4) is 0 Å². The summed E-state index contributed by atoms with van der Waals surface area (Å²) >= 11 is 1.44. The molecule has 0 spiro atoms. The summed E-state index contributed by atoms with van der Waals surface area (Å²) in [5.41, 5.74) is 2.15. The molecule has 40 heavy (non-hydrogen) atoms. The second-order valence-electron chi connectivity index (χ2n) is 9.51. The van der Waals surface area contributed by atoms with Gasteiger partial charge in [-0.05, 0) is 44.2 Å². The fourth-order valence-corrected chi connectivity index (χ4v) is 4.90. The monoisotopic (exact) mass is 570 g/mol. The zero-order chi connectivity index (χ0) is 28.9. The number of rotatable bonds is 16. The van der Waals surface area contributed by atoms with Crippen LogP contribution in [0.15, 0.2) is 53.7 Å². The van der Waals surface area contributed by atoms with Gasteiger partial charge in [-0.1, -0.05) is 62.4 Å². The van der Waals surface area contributed by atoms with E-state index in [0.717, 1.165) is 24.8 Å². The number of carbonyl (C=O) groups excluding carboxylic acids is 2. The van der Waals surface area contributed by atoms with Crippen LogP contribution in [0.25, 0.3) is 11.0 Å². The van der Waals surface area contributed by atoms with E-state index in [1.54, 1.807) is 15.5 Å². The number of non-ortho nitro benzene ring substituents is 1. The number of nitro groups is 1. The molecule has 0 fully saturated rings. The van der Waals surface area contributed by atoms with Crippen LogP contribution in [0.3, 0.4) is 0 Å². The van der Waals surface area contributed by atoms with Gasteiger partial charge >= 0.3 is 12.1 Å². The summed E-state index contributed by atoms with van der Waals surface area (Å²) in [7, 11) is 0. The first-order valence-electron chi connectivity index (χ1n) is 13.7. The van der Waals surface area contributed by atoms with E-state index in [1.165, 1.54) is 23.9 Å². The van der Waals surface area contributed by atoms with E-state index in [2.05, 4.69) is 4.98 Å². The minimum atomic E-state index is -0.466. The van der Waals surface area contributed by atoms with Crippen molar-refractivity contribution >= 4 is 40.5 Å². The fraction of sp³-hybridized carbons (Fsp3) is 0.483. The Hall–Kier alpha value is -3.60. The van der Waals surface area contributed by atoms with Crippen molar-refractivity contribution in [1.82, 2.24) is 14.5 Å². The van der Waals surface area contributed by atoms with Crippen molar-refractivity contribution in [2.24, 2.45) is 0 Å². The number of esters is 1. The molecule has 0 radical (unpaired) electrons. The number of carbonyl (C=O) groups is 2. The van der Waals surface area contributed by atoms with Crippen molar-refractivity contribution in [1.29, 1.82) is 0 Å². The van der Waals surface area contributed by atoms with Crippen LogP contribution in [0.1, 0.15) is 52.0 Å². The molecule has 1 amide bonds. The lowest BCUT2D eigenvalue weighted by Gasteiger charge is -2.22.